The topological polar surface area (TPSA) is 9.23 Å². The minimum absolute atomic E-state index is 0.314. The van der Waals surface area contributed by atoms with Crippen molar-refractivity contribution in [1.29, 1.82) is 0 Å². The van der Waals surface area contributed by atoms with E-state index in [0.29, 0.717) is 17.0 Å². The molecule has 22 heavy (non-hydrogen) atoms. The van der Waals surface area contributed by atoms with Gasteiger partial charge in [0.1, 0.15) is 5.75 Å². The first-order valence-corrected chi connectivity index (χ1v) is 6.76. The largest absolute Gasteiger partial charge is 0.573 e. The molecule has 0 aliphatic carbocycles. The van der Waals surface area contributed by atoms with E-state index in [1.54, 1.807) is 6.07 Å². The minimum Gasteiger partial charge on any atom is -0.406 e. The van der Waals surface area contributed by atoms with E-state index in [1.165, 1.54) is 12.1 Å². The molecule has 0 radical (unpaired) electrons. The molecule has 0 bridgehead atoms. The van der Waals surface area contributed by atoms with Gasteiger partial charge in [-0.1, -0.05) is 44.0 Å². The summed E-state index contributed by atoms with van der Waals surface area (Å²) in [5.41, 5.74) is 2.87. The average molecular weight is 304 g/mol. The third-order valence-corrected chi connectivity index (χ3v) is 3.22. The number of hydrogen-bond acceptors (Lipinski definition) is 1. The van der Waals surface area contributed by atoms with Crippen molar-refractivity contribution in [3.05, 3.63) is 53.6 Å². The maximum absolute atomic E-state index is 12.4. The molecular weight excluding hydrogens is 289 g/mol. The van der Waals surface area contributed by atoms with Crippen LogP contribution in [0.25, 0.3) is 11.1 Å². The highest BCUT2D eigenvalue weighted by Crippen LogP contribution is 2.30. The van der Waals surface area contributed by atoms with Gasteiger partial charge in [0.25, 0.3) is 0 Å². The molecule has 0 N–H and O–H groups in total. The lowest BCUT2D eigenvalue weighted by molar-refractivity contribution is -0.274. The van der Waals surface area contributed by atoms with Gasteiger partial charge in [0.05, 0.1) is 0 Å². The lowest BCUT2D eigenvalue weighted by Gasteiger charge is -2.12. The second-order valence-corrected chi connectivity index (χ2v) is 5.21. The van der Waals surface area contributed by atoms with Gasteiger partial charge in [0, 0.05) is 5.56 Å². The van der Waals surface area contributed by atoms with Crippen molar-refractivity contribution in [2.24, 2.45) is 0 Å². The summed E-state index contributed by atoms with van der Waals surface area (Å²) in [7, 11) is 0. The Balaban J connectivity index is 2.42. The Kier molecular flexibility index (Phi) is 4.46. The Bertz CT molecular complexity index is 692. The van der Waals surface area contributed by atoms with E-state index >= 15 is 0 Å². The average Bonchev–Trinajstić information content (AvgIpc) is 2.45. The van der Waals surface area contributed by atoms with Crippen LogP contribution in [0.2, 0.25) is 0 Å². The summed E-state index contributed by atoms with van der Waals surface area (Å²) in [6.07, 6.45) is 0.562. The molecule has 0 unspecified atom stereocenters. The van der Waals surface area contributed by atoms with Gasteiger partial charge in [-0.25, -0.2) is 0 Å². The third kappa shape index (κ3) is 4.05. The number of hydrogen-bond donors (Lipinski definition) is 0. The summed E-state index contributed by atoms with van der Waals surface area (Å²) in [6.45, 7) is 4.15. The molecule has 4 heteroatoms. The Hall–Kier alpha value is -2.41. The Morgan fingerprint density at radius 3 is 2.14 bits per heavy atom. The van der Waals surface area contributed by atoms with Crippen LogP contribution in [-0.4, -0.2) is 6.36 Å². The van der Waals surface area contributed by atoms with Gasteiger partial charge in [0.2, 0.25) is 0 Å². The minimum atomic E-state index is -4.74. The molecule has 0 atom stereocenters. The molecule has 0 aromatic heterocycles. The number of rotatable bonds is 3. The fourth-order valence-electron chi connectivity index (χ4n) is 2.10. The second kappa shape index (κ2) is 6.15. The third-order valence-electron chi connectivity index (χ3n) is 3.22. The van der Waals surface area contributed by atoms with E-state index in [0.717, 1.165) is 11.1 Å². The van der Waals surface area contributed by atoms with Gasteiger partial charge < -0.3 is 4.74 Å². The molecule has 2 aromatic rings. The molecule has 0 heterocycles. The van der Waals surface area contributed by atoms with Crippen molar-refractivity contribution in [3.63, 3.8) is 0 Å². The summed E-state index contributed by atoms with van der Waals surface area (Å²) in [5.74, 6) is 2.42. The van der Waals surface area contributed by atoms with Crippen molar-refractivity contribution in [3.8, 4) is 29.2 Å². The van der Waals surface area contributed by atoms with Crippen molar-refractivity contribution in [2.45, 2.75) is 26.1 Å². The summed E-state index contributed by atoms with van der Waals surface area (Å²) < 4.78 is 41.1. The molecule has 0 amide bonds. The lowest BCUT2D eigenvalue weighted by Crippen LogP contribution is -2.17. The zero-order chi connectivity index (χ0) is 16.3. The molecule has 0 saturated carbocycles. The second-order valence-electron chi connectivity index (χ2n) is 5.21. The number of benzene rings is 2. The summed E-state index contributed by atoms with van der Waals surface area (Å²) >= 11 is 0. The van der Waals surface area contributed by atoms with Crippen LogP contribution in [0, 0.1) is 12.3 Å². The van der Waals surface area contributed by atoms with E-state index in [1.807, 2.05) is 24.3 Å². The van der Waals surface area contributed by atoms with Crippen LogP contribution in [0.15, 0.2) is 42.5 Å². The predicted molar refractivity (Wildman–Crippen MR) is 80.6 cm³/mol. The van der Waals surface area contributed by atoms with E-state index in [9.17, 15) is 13.2 Å². The Morgan fingerprint density at radius 2 is 1.64 bits per heavy atom. The van der Waals surface area contributed by atoms with Crippen LogP contribution in [0.4, 0.5) is 13.2 Å². The van der Waals surface area contributed by atoms with Gasteiger partial charge in [-0.05, 0) is 40.8 Å². The molecule has 2 rings (SSSR count). The zero-order valence-electron chi connectivity index (χ0n) is 12.2. The van der Waals surface area contributed by atoms with Gasteiger partial charge in [-0.2, -0.15) is 0 Å². The number of alkyl halides is 3. The molecular formula is C18H15F3O. The van der Waals surface area contributed by atoms with E-state index in [4.69, 9.17) is 6.42 Å². The van der Waals surface area contributed by atoms with Gasteiger partial charge in [-0.3, -0.25) is 0 Å². The smallest absolute Gasteiger partial charge is 0.406 e. The van der Waals surface area contributed by atoms with Crippen molar-refractivity contribution in [2.75, 3.05) is 0 Å². The van der Waals surface area contributed by atoms with Crippen LogP contribution in [0.3, 0.4) is 0 Å². The van der Waals surface area contributed by atoms with Crippen LogP contribution in [-0.2, 0) is 0 Å². The van der Waals surface area contributed by atoms with Crippen LogP contribution < -0.4 is 4.74 Å². The lowest BCUT2D eigenvalue weighted by atomic mass is 9.98. The van der Waals surface area contributed by atoms with Crippen LogP contribution in [0.1, 0.15) is 30.9 Å². The fraction of sp³-hybridized carbons (Fsp3) is 0.222. The van der Waals surface area contributed by atoms with Crippen molar-refractivity contribution >= 4 is 0 Å². The quantitative estimate of drug-likeness (QED) is 0.694. The molecule has 0 saturated heterocycles. The van der Waals surface area contributed by atoms with E-state index < -0.39 is 6.36 Å². The number of terminal acetylenes is 1. The first-order chi connectivity index (χ1) is 10.3. The molecule has 114 valence electrons. The zero-order valence-corrected chi connectivity index (χ0v) is 12.2. The van der Waals surface area contributed by atoms with E-state index in [2.05, 4.69) is 24.5 Å². The molecule has 0 aliphatic rings. The fourth-order valence-corrected chi connectivity index (χ4v) is 2.10. The van der Waals surface area contributed by atoms with Crippen molar-refractivity contribution in [1.82, 2.24) is 0 Å². The maximum Gasteiger partial charge on any atom is 0.573 e. The van der Waals surface area contributed by atoms with Crippen molar-refractivity contribution < 1.29 is 17.9 Å². The SMILES string of the molecule is C#Cc1cc(OC(F)(F)F)cc(-c2ccc(C(C)C)cc2)c1. The Labute approximate surface area is 127 Å². The first kappa shape index (κ1) is 16.0. The van der Waals surface area contributed by atoms with E-state index in [-0.39, 0.29) is 5.75 Å². The highest BCUT2D eigenvalue weighted by atomic mass is 19.4. The summed E-state index contributed by atoms with van der Waals surface area (Å²) in [5, 5.41) is 0. The summed E-state index contributed by atoms with van der Waals surface area (Å²) in [4.78, 5) is 0. The Morgan fingerprint density at radius 1 is 1.00 bits per heavy atom. The van der Waals surface area contributed by atoms with Gasteiger partial charge >= 0.3 is 6.36 Å². The van der Waals surface area contributed by atoms with Crippen LogP contribution >= 0.6 is 0 Å². The number of ether oxygens (including phenoxy) is 1. The normalized spacial score (nSPS) is 11.3. The standard InChI is InChI=1S/C18H15F3O/c1-4-13-9-16(11-17(10-13)22-18(19,20)21)15-7-5-14(6-8-15)12(2)3/h1,5-12H,2-3H3. The number of halogens is 3. The molecule has 1 nitrogen and oxygen atoms in total. The molecule has 0 spiro atoms. The van der Waals surface area contributed by atoms with Crippen LogP contribution in [0.5, 0.6) is 5.75 Å². The molecule has 2 aromatic carbocycles. The maximum atomic E-state index is 12.4. The summed E-state index contributed by atoms with van der Waals surface area (Å²) in [6, 6.07) is 11.8. The predicted octanol–water partition coefficient (Wildman–Crippen LogP) is 5.36. The highest BCUT2D eigenvalue weighted by molar-refractivity contribution is 5.68. The first-order valence-electron chi connectivity index (χ1n) is 6.76. The molecule has 0 fully saturated rings. The highest BCUT2D eigenvalue weighted by Gasteiger charge is 2.31. The monoisotopic (exact) mass is 304 g/mol. The van der Waals surface area contributed by atoms with Gasteiger partial charge in [-0.15, -0.1) is 19.6 Å². The molecule has 0 aliphatic heterocycles. The van der Waals surface area contributed by atoms with Gasteiger partial charge in [0.15, 0.2) is 0 Å².